The standard InChI is InChI=1S/C19H17N/c1-3-15-20(2)16-14-19(17-10-6-4-7-11-17)18-12-8-5-9-13-18/h1,4-14H,15H2,2H3. The van der Waals surface area contributed by atoms with Crippen molar-refractivity contribution in [3.05, 3.63) is 77.9 Å². The molecule has 20 heavy (non-hydrogen) atoms. The van der Waals surface area contributed by atoms with E-state index >= 15 is 0 Å². The zero-order valence-corrected chi connectivity index (χ0v) is 11.6. The number of hydrogen-bond acceptors (Lipinski definition) is 0. The molecule has 0 N–H and O–H groups in total. The second-order valence-electron chi connectivity index (χ2n) is 4.48. The first kappa shape index (κ1) is 13.8. The Morgan fingerprint density at radius 2 is 1.55 bits per heavy atom. The summed E-state index contributed by atoms with van der Waals surface area (Å²) in [7, 11) is 1.92. The van der Waals surface area contributed by atoms with Gasteiger partial charge in [-0.3, -0.25) is 0 Å². The molecule has 1 nitrogen and oxygen atoms in total. The molecule has 0 saturated heterocycles. The van der Waals surface area contributed by atoms with E-state index in [9.17, 15) is 0 Å². The van der Waals surface area contributed by atoms with Crippen LogP contribution in [-0.2, 0) is 0 Å². The molecule has 0 fully saturated rings. The van der Waals surface area contributed by atoms with Crippen LogP contribution in [0.1, 0.15) is 11.1 Å². The van der Waals surface area contributed by atoms with Crippen molar-refractivity contribution in [2.75, 3.05) is 13.6 Å². The topological polar surface area (TPSA) is 3.01 Å². The maximum Gasteiger partial charge on any atom is 0.187 e. The van der Waals surface area contributed by atoms with Crippen molar-refractivity contribution in [2.24, 2.45) is 0 Å². The molecule has 0 unspecified atom stereocenters. The third kappa shape index (κ3) is 3.70. The van der Waals surface area contributed by atoms with Gasteiger partial charge >= 0.3 is 0 Å². The van der Waals surface area contributed by atoms with Gasteiger partial charge < -0.3 is 4.58 Å². The van der Waals surface area contributed by atoms with Gasteiger partial charge in [-0.2, -0.15) is 11.6 Å². The molecule has 0 bridgehead atoms. The van der Waals surface area contributed by atoms with E-state index in [2.05, 4.69) is 36.4 Å². The third-order valence-electron chi connectivity index (χ3n) is 2.93. The minimum absolute atomic E-state index is 0.549. The van der Waals surface area contributed by atoms with Gasteiger partial charge in [-0.05, 0) is 5.92 Å². The van der Waals surface area contributed by atoms with E-state index in [1.807, 2.05) is 54.1 Å². The van der Waals surface area contributed by atoms with Gasteiger partial charge in [0.25, 0.3) is 0 Å². The van der Waals surface area contributed by atoms with Gasteiger partial charge in [0.2, 0.25) is 0 Å². The van der Waals surface area contributed by atoms with Crippen molar-refractivity contribution >= 4 is 11.8 Å². The lowest BCUT2D eigenvalue weighted by molar-refractivity contribution is -0.478. The summed E-state index contributed by atoms with van der Waals surface area (Å²) >= 11 is 0. The Balaban J connectivity index is 2.44. The second kappa shape index (κ2) is 7.11. The zero-order valence-electron chi connectivity index (χ0n) is 11.6. The number of hydrogen-bond donors (Lipinski definition) is 0. The molecule has 0 heterocycles. The molecular formula is C19H17N. The Labute approximate surface area is 120 Å². The summed E-state index contributed by atoms with van der Waals surface area (Å²) in [6.45, 7) is 0.549. The molecule has 0 aliphatic carbocycles. The molecule has 2 aromatic rings. The van der Waals surface area contributed by atoms with Crippen molar-refractivity contribution in [2.45, 2.75) is 0 Å². The van der Waals surface area contributed by atoms with Crippen LogP contribution in [-0.4, -0.2) is 24.4 Å². The van der Waals surface area contributed by atoms with Crippen molar-refractivity contribution < 1.29 is 4.58 Å². The first-order chi connectivity index (χ1) is 9.81. The van der Waals surface area contributed by atoms with Gasteiger partial charge in [0.1, 0.15) is 7.05 Å². The average molecular weight is 259 g/mol. The largest absolute Gasteiger partial charge is 0.310 e. The summed E-state index contributed by atoms with van der Waals surface area (Å²) in [5, 5.41) is 0. The van der Waals surface area contributed by atoms with Crippen LogP contribution in [0.5, 0.6) is 0 Å². The Kier molecular flexibility index (Phi) is 4.92. The summed E-state index contributed by atoms with van der Waals surface area (Å²) in [5.41, 5.74) is 3.47. The molecule has 0 aromatic heterocycles. The molecule has 0 radical (unpaired) electrons. The van der Waals surface area contributed by atoms with Gasteiger partial charge in [0.15, 0.2) is 6.54 Å². The maximum atomic E-state index is 5.31. The number of terminal acetylenes is 1. The highest BCUT2D eigenvalue weighted by molar-refractivity contribution is 5.89. The van der Waals surface area contributed by atoms with Gasteiger partial charge in [0.05, 0.1) is 0 Å². The Hall–Kier alpha value is -2.59. The van der Waals surface area contributed by atoms with Crippen molar-refractivity contribution in [3.63, 3.8) is 0 Å². The highest BCUT2D eigenvalue weighted by Gasteiger charge is 1.95. The quantitative estimate of drug-likeness (QED) is 0.343. The summed E-state index contributed by atoms with van der Waals surface area (Å²) in [6.07, 6.45) is 10.5. The molecule has 98 valence electrons. The van der Waals surface area contributed by atoms with E-state index in [-0.39, 0.29) is 0 Å². The van der Waals surface area contributed by atoms with Crippen LogP contribution in [0.25, 0.3) is 5.57 Å². The predicted molar refractivity (Wildman–Crippen MR) is 84.9 cm³/mol. The normalized spacial score (nSPS) is 10.7. The summed E-state index contributed by atoms with van der Waals surface area (Å²) in [5.74, 6) is 2.60. The molecule has 0 amide bonds. The van der Waals surface area contributed by atoms with Crippen molar-refractivity contribution in [1.82, 2.24) is 0 Å². The molecule has 0 aliphatic rings. The molecule has 0 atom stereocenters. The Morgan fingerprint density at radius 1 is 1.05 bits per heavy atom. The van der Waals surface area contributed by atoms with Crippen LogP contribution < -0.4 is 0 Å². The zero-order chi connectivity index (χ0) is 14.2. The van der Waals surface area contributed by atoms with Crippen molar-refractivity contribution in [3.8, 4) is 12.3 Å². The van der Waals surface area contributed by atoms with Crippen LogP contribution >= 0.6 is 0 Å². The van der Waals surface area contributed by atoms with E-state index in [1.54, 1.807) is 0 Å². The molecule has 0 aliphatic heterocycles. The molecule has 0 saturated carbocycles. The second-order valence-corrected chi connectivity index (χ2v) is 4.48. The molecule has 2 aromatic carbocycles. The lowest BCUT2D eigenvalue weighted by atomic mass is 9.98. The first-order valence-electron chi connectivity index (χ1n) is 6.53. The maximum absolute atomic E-state index is 5.31. The van der Waals surface area contributed by atoms with E-state index in [0.29, 0.717) is 6.54 Å². The minimum Gasteiger partial charge on any atom is -0.310 e. The van der Waals surface area contributed by atoms with Gasteiger partial charge in [-0.25, -0.2) is 0 Å². The van der Waals surface area contributed by atoms with Crippen LogP contribution in [0.3, 0.4) is 0 Å². The molecule has 2 rings (SSSR count). The molecule has 0 spiro atoms. The summed E-state index contributed by atoms with van der Waals surface area (Å²) < 4.78 is 1.87. The van der Waals surface area contributed by atoms with Crippen LogP contribution in [0.2, 0.25) is 0 Å². The lowest BCUT2D eigenvalue weighted by Crippen LogP contribution is -2.06. The van der Waals surface area contributed by atoms with Gasteiger partial charge in [-0.15, -0.1) is 6.42 Å². The van der Waals surface area contributed by atoms with E-state index in [0.717, 1.165) is 5.57 Å². The monoisotopic (exact) mass is 259 g/mol. The number of benzene rings is 2. The minimum atomic E-state index is 0.549. The van der Waals surface area contributed by atoms with Crippen LogP contribution in [0.4, 0.5) is 0 Å². The summed E-state index contributed by atoms with van der Waals surface area (Å²) in [6, 6.07) is 20.6. The first-order valence-corrected chi connectivity index (χ1v) is 6.53. The van der Waals surface area contributed by atoms with Gasteiger partial charge in [-0.1, -0.05) is 71.8 Å². The number of allylic oxidation sites excluding steroid dienone is 1. The Bertz CT molecular complexity index is 602. The van der Waals surface area contributed by atoms with Crippen LogP contribution in [0.15, 0.2) is 66.7 Å². The fourth-order valence-electron chi connectivity index (χ4n) is 1.93. The Morgan fingerprint density at radius 3 is 2.00 bits per heavy atom. The highest BCUT2D eigenvalue weighted by atomic mass is 14.9. The SMILES string of the molecule is C#CC[N+](C)=[C-]C=C(c1ccccc1)c1ccccc1. The lowest BCUT2D eigenvalue weighted by Gasteiger charge is -2.15. The van der Waals surface area contributed by atoms with E-state index < -0.39 is 0 Å². The third-order valence-corrected chi connectivity index (χ3v) is 2.93. The summed E-state index contributed by atoms with van der Waals surface area (Å²) in [4.78, 5) is 0. The number of rotatable bonds is 4. The average Bonchev–Trinajstić information content (AvgIpc) is 2.50. The highest BCUT2D eigenvalue weighted by Crippen LogP contribution is 2.22. The van der Waals surface area contributed by atoms with Crippen LogP contribution in [0, 0.1) is 12.3 Å². The predicted octanol–water partition coefficient (Wildman–Crippen LogP) is 3.34. The van der Waals surface area contributed by atoms with Crippen molar-refractivity contribution in [1.29, 1.82) is 0 Å². The van der Waals surface area contributed by atoms with E-state index in [4.69, 9.17) is 6.42 Å². The number of nitrogens with zero attached hydrogens (tertiary/aromatic N) is 1. The fourth-order valence-corrected chi connectivity index (χ4v) is 1.93. The molecular weight excluding hydrogens is 242 g/mol. The van der Waals surface area contributed by atoms with E-state index in [1.165, 1.54) is 11.1 Å². The molecule has 1 heteroatoms. The fraction of sp³-hybridized carbons (Fsp3) is 0.105. The van der Waals surface area contributed by atoms with Gasteiger partial charge in [0, 0.05) is 6.21 Å². The smallest absolute Gasteiger partial charge is 0.187 e.